The number of allylic oxidation sites excluding steroid dienone is 1. The Morgan fingerprint density at radius 3 is 2.91 bits per heavy atom. The molecule has 0 spiro atoms. The number of carbonyl (C=O) groups excluding carboxylic acids is 1. The van der Waals surface area contributed by atoms with Crippen molar-refractivity contribution < 1.29 is 9.53 Å². The molecule has 62 valence electrons. The number of esters is 1. The molecule has 0 unspecified atom stereocenters. The molecule has 0 aromatic heterocycles. The van der Waals surface area contributed by atoms with E-state index in [1.54, 1.807) is 6.08 Å². The molecule has 1 rings (SSSR count). The summed E-state index contributed by atoms with van der Waals surface area (Å²) >= 11 is 0. The topological polar surface area (TPSA) is 26.3 Å². The molecule has 1 saturated heterocycles. The van der Waals surface area contributed by atoms with Gasteiger partial charge < -0.3 is 4.74 Å². The minimum atomic E-state index is -0.234. The van der Waals surface area contributed by atoms with Gasteiger partial charge in [0.25, 0.3) is 0 Å². The van der Waals surface area contributed by atoms with Crippen molar-refractivity contribution in [3.8, 4) is 0 Å². The highest BCUT2D eigenvalue weighted by atomic mass is 16.5. The normalized spacial score (nSPS) is 30.1. The highest BCUT2D eigenvalue weighted by Gasteiger charge is 2.41. The molecule has 0 bridgehead atoms. The lowest BCUT2D eigenvalue weighted by Crippen LogP contribution is -2.24. The first-order valence-electron chi connectivity index (χ1n) is 4.03. The number of carbonyl (C=O) groups is 1. The minimum Gasteiger partial charge on any atom is -0.465 e. The fraction of sp³-hybridized carbons (Fsp3) is 0.667. The highest BCUT2D eigenvalue weighted by Crippen LogP contribution is 2.37. The zero-order valence-corrected chi connectivity index (χ0v) is 6.93. The molecule has 1 fully saturated rings. The zero-order valence-electron chi connectivity index (χ0n) is 6.93. The van der Waals surface area contributed by atoms with E-state index in [2.05, 4.69) is 6.58 Å². The van der Waals surface area contributed by atoms with Crippen LogP contribution in [0.15, 0.2) is 12.7 Å². The van der Waals surface area contributed by atoms with Crippen LogP contribution < -0.4 is 0 Å². The lowest BCUT2D eigenvalue weighted by atomic mass is 9.81. The molecule has 0 N–H and O–H groups in total. The first-order chi connectivity index (χ1) is 5.25. The van der Waals surface area contributed by atoms with Crippen molar-refractivity contribution >= 4 is 5.97 Å². The Morgan fingerprint density at radius 2 is 2.55 bits per heavy atom. The van der Waals surface area contributed by atoms with Gasteiger partial charge in [0.15, 0.2) is 0 Å². The quantitative estimate of drug-likeness (QED) is 0.458. The van der Waals surface area contributed by atoms with Crippen LogP contribution in [0.5, 0.6) is 0 Å². The van der Waals surface area contributed by atoms with Crippen LogP contribution in [0.1, 0.15) is 26.2 Å². The summed E-state index contributed by atoms with van der Waals surface area (Å²) in [5.74, 6) is -0.0418. The maximum atomic E-state index is 11.2. The maximum absolute atomic E-state index is 11.2. The third-order valence-electron chi connectivity index (χ3n) is 2.46. The lowest BCUT2D eigenvalue weighted by molar-refractivity contribution is -0.146. The van der Waals surface area contributed by atoms with Gasteiger partial charge in [-0.25, -0.2) is 0 Å². The minimum absolute atomic E-state index is 0.0418. The fourth-order valence-electron chi connectivity index (χ4n) is 1.52. The Kier molecular flexibility index (Phi) is 2.32. The standard InChI is InChI=1S/C9H14O2/c1-3-5-9(4-2)6-7-11-8(9)10/h3H,1,4-7H2,2H3/t9-/m1/s1. The number of rotatable bonds is 3. The predicted molar refractivity (Wildman–Crippen MR) is 43.1 cm³/mol. The van der Waals surface area contributed by atoms with Crippen molar-refractivity contribution in [3.05, 3.63) is 12.7 Å². The molecular weight excluding hydrogens is 140 g/mol. The molecule has 0 saturated carbocycles. The maximum Gasteiger partial charge on any atom is 0.312 e. The first-order valence-corrected chi connectivity index (χ1v) is 4.03. The van der Waals surface area contributed by atoms with Gasteiger partial charge in [-0.1, -0.05) is 13.0 Å². The summed E-state index contributed by atoms with van der Waals surface area (Å²) in [6, 6.07) is 0. The summed E-state index contributed by atoms with van der Waals surface area (Å²) in [7, 11) is 0. The van der Waals surface area contributed by atoms with E-state index in [1.807, 2.05) is 6.92 Å². The number of cyclic esters (lactones) is 1. The van der Waals surface area contributed by atoms with Gasteiger partial charge in [-0.15, -0.1) is 6.58 Å². The summed E-state index contributed by atoms with van der Waals surface area (Å²) in [6.45, 7) is 6.25. The van der Waals surface area contributed by atoms with Gasteiger partial charge in [0, 0.05) is 0 Å². The highest BCUT2D eigenvalue weighted by molar-refractivity contribution is 5.78. The summed E-state index contributed by atoms with van der Waals surface area (Å²) in [5, 5.41) is 0. The molecule has 1 heterocycles. The number of ether oxygens (including phenoxy) is 1. The van der Waals surface area contributed by atoms with E-state index >= 15 is 0 Å². The van der Waals surface area contributed by atoms with Crippen molar-refractivity contribution in [2.45, 2.75) is 26.2 Å². The van der Waals surface area contributed by atoms with Gasteiger partial charge in [0.1, 0.15) is 0 Å². The van der Waals surface area contributed by atoms with E-state index in [0.29, 0.717) is 6.61 Å². The molecule has 0 aromatic rings. The van der Waals surface area contributed by atoms with Gasteiger partial charge >= 0.3 is 5.97 Å². The van der Waals surface area contributed by atoms with Gasteiger partial charge in [0.2, 0.25) is 0 Å². The van der Waals surface area contributed by atoms with Crippen LogP contribution in [0.2, 0.25) is 0 Å². The van der Waals surface area contributed by atoms with Crippen LogP contribution in [0.4, 0.5) is 0 Å². The van der Waals surface area contributed by atoms with Crippen molar-refractivity contribution in [1.82, 2.24) is 0 Å². The fourth-order valence-corrected chi connectivity index (χ4v) is 1.52. The third-order valence-corrected chi connectivity index (χ3v) is 2.46. The Balaban J connectivity index is 2.72. The third kappa shape index (κ3) is 1.30. The van der Waals surface area contributed by atoms with Gasteiger partial charge in [-0.2, -0.15) is 0 Å². The molecule has 0 aliphatic carbocycles. The van der Waals surface area contributed by atoms with Crippen LogP contribution >= 0.6 is 0 Å². The average Bonchev–Trinajstić information content (AvgIpc) is 2.35. The van der Waals surface area contributed by atoms with E-state index in [0.717, 1.165) is 19.3 Å². The molecule has 1 atom stereocenters. The van der Waals surface area contributed by atoms with Crippen LogP contribution in [0.3, 0.4) is 0 Å². The largest absolute Gasteiger partial charge is 0.465 e. The predicted octanol–water partition coefficient (Wildman–Crippen LogP) is 1.91. The molecule has 2 heteroatoms. The second-order valence-electron chi connectivity index (χ2n) is 3.01. The average molecular weight is 154 g/mol. The molecule has 1 aliphatic rings. The Morgan fingerprint density at radius 1 is 1.82 bits per heavy atom. The molecular formula is C9H14O2. The van der Waals surface area contributed by atoms with Crippen molar-refractivity contribution in [3.63, 3.8) is 0 Å². The van der Waals surface area contributed by atoms with E-state index in [1.165, 1.54) is 0 Å². The molecule has 0 radical (unpaired) electrons. The van der Waals surface area contributed by atoms with Crippen LogP contribution in [-0.4, -0.2) is 12.6 Å². The Labute approximate surface area is 67.2 Å². The summed E-state index contributed by atoms with van der Waals surface area (Å²) < 4.78 is 4.93. The zero-order chi connectivity index (χ0) is 8.32. The molecule has 11 heavy (non-hydrogen) atoms. The number of hydrogen-bond donors (Lipinski definition) is 0. The van der Waals surface area contributed by atoms with Crippen molar-refractivity contribution in [2.75, 3.05) is 6.61 Å². The van der Waals surface area contributed by atoms with Gasteiger partial charge in [-0.05, 0) is 19.3 Å². The summed E-state index contributed by atoms with van der Waals surface area (Å²) in [6.07, 6.45) is 4.27. The molecule has 0 amide bonds. The Bertz CT molecular complexity index is 174. The number of hydrogen-bond acceptors (Lipinski definition) is 2. The smallest absolute Gasteiger partial charge is 0.312 e. The summed E-state index contributed by atoms with van der Waals surface area (Å²) in [4.78, 5) is 11.2. The van der Waals surface area contributed by atoms with Crippen LogP contribution in [0, 0.1) is 5.41 Å². The molecule has 1 aliphatic heterocycles. The SMILES string of the molecule is C=CC[C@]1(CC)CCOC1=O. The van der Waals surface area contributed by atoms with Crippen LogP contribution in [-0.2, 0) is 9.53 Å². The Hall–Kier alpha value is -0.790. The summed E-state index contributed by atoms with van der Waals surface area (Å²) in [5.41, 5.74) is -0.234. The monoisotopic (exact) mass is 154 g/mol. The van der Waals surface area contributed by atoms with E-state index in [-0.39, 0.29) is 11.4 Å². The lowest BCUT2D eigenvalue weighted by Gasteiger charge is -2.19. The van der Waals surface area contributed by atoms with E-state index in [9.17, 15) is 4.79 Å². The van der Waals surface area contributed by atoms with Crippen LogP contribution in [0.25, 0.3) is 0 Å². The van der Waals surface area contributed by atoms with E-state index < -0.39 is 0 Å². The molecule has 2 nitrogen and oxygen atoms in total. The molecule has 0 aromatic carbocycles. The van der Waals surface area contributed by atoms with Gasteiger partial charge in [-0.3, -0.25) is 4.79 Å². The first kappa shape index (κ1) is 8.31. The van der Waals surface area contributed by atoms with E-state index in [4.69, 9.17) is 4.74 Å². The second-order valence-corrected chi connectivity index (χ2v) is 3.01. The second kappa shape index (κ2) is 3.07. The van der Waals surface area contributed by atoms with Crippen molar-refractivity contribution in [2.24, 2.45) is 5.41 Å². The van der Waals surface area contributed by atoms with Gasteiger partial charge in [0.05, 0.1) is 12.0 Å². The van der Waals surface area contributed by atoms with Crippen molar-refractivity contribution in [1.29, 1.82) is 0 Å².